The van der Waals surface area contributed by atoms with Gasteiger partial charge in [-0.15, -0.1) is 0 Å². The number of aliphatic imine (C=N–C) groups is 1. The Morgan fingerprint density at radius 3 is 2.62 bits per heavy atom. The first-order chi connectivity index (χ1) is 7.46. The number of nitrogens with one attached hydrogen (secondary N) is 1. The molecule has 1 aromatic rings. The smallest absolute Gasteiger partial charge is 0.161 e. The van der Waals surface area contributed by atoms with E-state index in [9.17, 15) is 0 Å². The molecule has 1 aromatic carbocycles. The van der Waals surface area contributed by atoms with Crippen LogP contribution < -0.4 is 5.32 Å². The Hall–Kier alpha value is -0.960. The summed E-state index contributed by atoms with van der Waals surface area (Å²) in [7, 11) is 0. The molecule has 0 spiro atoms. The van der Waals surface area contributed by atoms with Crippen LogP contribution >= 0.6 is 11.8 Å². The van der Waals surface area contributed by atoms with E-state index in [2.05, 4.69) is 56.2 Å². The molecule has 86 valence electrons. The largest absolute Gasteiger partial charge is 0.335 e. The number of nitrogens with zero attached hydrogens (tertiary/aromatic N) is 1. The van der Waals surface area contributed by atoms with Gasteiger partial charge in [-0.1, -0.05) is 29.5 Å². The first-order valence-corrected chi connectivity index (χ1v) is 6.36. The van der Waals surface area contributed by atoms with E-state index in [4.69, 9.17) is 0 Å². The normalized spacial score (nSPS) is 18.4. The fourth-order valence-electron chi connectivity index (χ4n) is 1.72. The van der Waals surface area contributed by atoms with Crippen molar-refractivity contribution >= 4 is 22.6 Å². The Morgan fingerprint density at radius 1 is 1.31 bits per heavy atom. The molecule has 0 unspecified atom stereocenters. The molecule has 0 radical (unpaired) electrons. The Labute approximate surface area is 102 Å². The van der Waals surface area contributed by atoms with Gasteiger partial charge < -0.3 is 5.32 Å². The maximum absolute atomic E-state index is 4.52. The van der Waals surface area contributed by atoms with E-state index < -0.39 is 0 Å². The molecule has 0 atom stereocenters. The Morgan fingerprint density at radius 2 is 2.06 bits per heavy atom. The second-order valence-corrected chi connectivity index (χ2v) is 6.62. The zero-order chi connectivity index (χ0) is 11.8. The van der Waals surface area contributed by atoms with Crippen molar-refractivity contribution in [3.63, 3.8) is 0 Å². The summed E-state index contributed by atoms with van der Waals surface area (Å²) in [6, 6.07) is 6.44. The van der Waals surface area contributed by atoms with Crippen molar-refractivity contribution in [1.82, 2.24) is 0 Å². The molecule has 0 saturated heterocycles. The Bertz CT molecular complexity index is 436. The van der Waals surface area contributed by atoms with Gasteiger partial charge in [-0.2, -0.15) is 0 Å². The number of thioether (sulfide) groups is 1. The second kappa shape index (κ2) is 4.13. The maximum atomic E-state index is 4.52. The number of hydrogen-bond donors (Lipinski definition) is 1. The van der Waals surface area contributed by atoms with Crippen LogP contribution in [0.5, 0.6) is 0 Å². The van der Waals surface area contributed by atoms with Crippen LogP contribution in [0.3, 0.4) is 0 Å². The monoisotopic (exact) mass is 234 g/mol. The van der Waals surface area contributed by atoms with Crippen LogP contribution in [0.15, 0.2) is 23.2 Å². The van der Waals surface area contributed by atoms with E-state index in [0.717, 1.165) is 17.4 Å². The molecule has 2 rings (SSSR count). The highest BCUT2D eigenvalue weighted by Gasteiger charge is 2.27. The van der Waals surface area contributed by atoms with E-state index >= 15 is 0 Å². The predicted octanol–water partition coefficient (Wildman–Crippen LogP) is 3.60. The molecule has 0 aromatic heterocycles. The van der Waals surface area contributed by atoms with Crippen molar-refractivity contribution in [1.29, 1.82) is 0 Å². The SMILES string of the molecule is Cc1ccc(NC2=NCC(C)(C)S2)c(C)c1. The summed E-state index contributed by atoms with van der Waals surface area (Å²) in [5.74, 6) is 0. The van der Waals surface area contributed by atoms with E-state index in [-0.39, 0.29) is 4.75 Å². The van der Waals surface area contributed by atoms with Gasteiger partial charge in [-0.05, 0) is 39.3 Å². The highest BCUT2D eigenvalue weighted by Crippen LogP contribution is 2.32. The minimum Gasteiger partial charge on any atom is -0.335 e. The van der Waals surface area contributed by atoms with Crippen molar-refractivity contribution in [2.24, 2.45) is 4.99 Å². The van der Waals surface area contributed by atoms with E-state index in [1.165, 1.54) is 11.1 Å². The summed E-state index contributed by atoms with van der Waals surface area (Å²) in [5, 5.41) is 4.44. The fraction of sp³-hybridized carbons (Fsp3) is 0.462. The van der Waals surface area contributed by atoms with Crippen LogP contribution in [0.2, 0.25) is 0 Å². The zero-order valence-electron chi connectivity index (χ0n) is 10.3. The molecule has 3 heteroatoms. The van der Waals surface area contributed by atoms with Crippen molar-refractivity contribution in [2.75, 3.05) is 11.9 Å². The number of aryl methyl sites for hydroxylation is 2. The molecule has 0 saturated carbocycles. The lowest BCUT2D eigenvalue weighted by molar-refractivity contribution is 0.741. The van der Waals surface area contributed by atoms with Gasteiger partial charge in [0.2, 0.25) is 0 Å². The lowest BCUT2D eigenvalue weighted by Crippen LogP contribution is -2.16. The average molecular weight is 234 g/mol. The minimum absolute atomic E-state index is 0.237. The third-order valence-corrected chi connectivity index (χ3v) is 3.71. The Balaban J connectivity index is 2.11. The molecule has 0 aliphatic carbocycles. The molecule has 1 N–H and O–H groups in total. The van der Waals surface area contributed by atoms with Gasteiger partial charge >= 0.3 is 0 Å². The average Bonchev–Trinajstić information content (AvgIpc) is 2.51. The van der Waals surface area contributed by atoms with Crippen LogP contribution in [-0.2, 0) is 0 Å². The summed E-state index contributed by atoms with van der Waals surface area (Å²) >= 11 is 1.81. The van der Waals surface area contributed by atoms with E-state index in [1.54, 1.807) is 0 Å². The molecule has 0 amide bonds. The minimum atomic E-state index is 0.237. The van der Waals surface area contributed by atoms with Crippen LogP contribution in [0, 0.1) is 13.8 Å². The Kier molecular flexibility index (Phi) is 2.98. The molecule has 0 bridgehead atoms. The first kappa shape index (κ1) is 11.5. The van der Waals surface area contributed by atoms with Crippen molar-refractivity contribution in [2.45, 2.75) is 32.4 Å². The van der Waals surface area contributed by atoms with Gasteiger partial charge in [0.05, 0.1) is 6.54 Å². The van der Waals surface area contributed by atoms with Crippen molar-refractivity contribution in [3.05, 3.63) is 29.3 Å². The van der Waals surface area contributed by atoms with Gasteiger partial charge in [-0.25, -0.2) is 0 Å². The van der Waals surface area contributed by atoms with Crippen LogP contribution in [0.1, 0.15) is 25.0 Å². The van der Waals surface area contributed by atoms with Gasteiger partial charge in [0, 0.05) is 10.4 Å². The molecular formula is C13H18N2S. The highest BCUT2D eigenvalue weighted by molar-refractivity contribution is 8.15. The second-order valence-electron chi connectivity index (χ2n) is 4.93. The summed E-state index contributed by atoms with van der Waals surface area (Å²) in [6.45, 7) is 9.57. The molecule has 16 heavy (non-hydrogen) atoms. The van der Waals surface area contributed by atoms with Gasteiger partial charge in [0.15, 0.2) is 5.17 Å². The lowest BCUT2D eigenvalue weighted by Gasteiger charge is -2.15. The van der Waals surface area contributed by atoms with Gasteiger partial charge in [0.25, 0.3) is 0 Å². The van der Waals surface area contributed by atoms with E-state index in [0.29, 0.717) is 0 Å². The summed E-state index contributed by atoms with van der Waals surface area (Å²) in [4.78, 5) is 4.52. The molecular weight excluding hydrogens is 216 g/mol. The lowest BCUT2D eigenvalue weighted by atomic mass is 10.1. The number of benzene rings is 1. The summed E-state index contributed by atoms with van der Waals surface area (Å²) < 4.78 is 0.237. The third kappa shape index (κ3) is 2.59. The number of rotatable bonds is 1. The first-order valence-electron chi connectivity index (χ1n) is 5.54. The van der Waals surface area contributed by atoms with Crippen molar-refractivity contribution in [3.8, 4) is 0 Å². The molecule has 0 fully saturated rings. The van der Waals surface area contributed by atoms with Crippen LogP contribution in [-0.4, -0.2) is 16.5 Å². The molecule has 1 heterocycles. The zero-order valence-corrected chi connectivity index (χ0v) is 11.1. The van der Waals surface area contributed by atoms with E-state index in [1.807, 2.05) is 11.8 Å². The molecule has 2 nitrogen and oxygen atoms in total. The fourth-order valence-corrected chi connectivity index (χ4v) is 2.67. The maximum Gasteiger partial charge on any atom is 0.161 e. The van der Waals surface area contributed by atoms with Crippen molar-refractivity contribution < 1.29 is 0 Å². The highest BCUT2D eigenvalue weighted by atomic mass is 32.2. The number of amidine groups is 1. The van der Waals surface area contributed by atoms with Crippen LogP contribution in [0.25, 0.3) is 0 Å². The topological polar surface area (TPSA) is 24.4 Å². The third-order valence-electron chi connectivity index (χ3n) is 2.60. The summed E-state index contributed by atoms with van der Waals surface area (Å²) in [6.07, 6.45) is 0. The molecule has 1 aliphatic rings. The predicted molar refractivity (Wildman–Crippen MR) is 73.5 cm³/mol. The number of hydrogen-bond acceptors (Lipinski definition) is 3. The quantitative estimate of drug-likeness (QED) is 0.803. The molecule has 1 aliphatic heterocycles. The standard InChI is InChI=1S/C13H18N2S/c1-9-5-6-11(10(2)7-9)15-12-14-8-13(3,4)16-12/h5-7H,8H2,1-4H3,(H,14,15). The van der Waals surface area contributed by atoms with Gasteiger partial charge in [0.1, 0.15) is 0 Å². The van der Waals surface area contributed by atoms with Gasteiger partial charge in [-0.3, -0.25) is 4.99 Å². The number of anilines is 1. The summed E-state index contributed by atoms with van der Waals surface area (Å²) in [5.41, 5.74) is 3.73. The van der Waals surface area contributed by atoms with Crippen LogP contribution in [0.4, 0.5) is 5.69 Å².